The van der Waals surface area contributed by atoms with E-state index in [0.717, 1.165) is 36.0 Å². The van der Waals surface area contributed by atoms with Gasteiger partial charge in [-0.15, -0.1) is 0 Å². The molecule has 5 atom stereocenters. The third-order valence-electron chi connectivity index (χ3n) is 10.6. The van der Waals surface area contributed by atoms with Crippen LogP contribution in [0.4, 0.5) is 0 Å². The van der Waals surface area contributed by atoms with Crippen molar-refractivity contribution in [2.45, 2.75) is 68.9 Å². The van der Waals surface area contributed by atoms with Gasteiger partial charge in [-0.2, -0.15) is 0 Å². The fraction of sp³-hybridized carbons (Fsp3) is 0.250. The molecule has 1 aliphatic heterocycles. The zero-order valence-corrected chi connectivity index (χ0v) is 34.1. The van der Waals surface area contributed by atoms with E-state index in [2.05, 4.69) is 6.92 Å². The molecule has 0 saturated carbocycles. The van der Waals surface area contributed by atoms with Gasteiger partial charge in [-0.05, 0) is 59.5 Å². The molecule has 0 N–H and O–H groups in total. The van der Waals surface area contributed by atoms with E-state index in [9.17, 15) is 14.4 Å². The minimum Gasteiger partial charge on any atom is -0.452 e. The average molecular weight is 819 g/mol. The summed E-state index contributed by atoms with van der Waals surface area (Å²) in [5, 5.41) is 0. The molecule has 0 unspecified atom stereocenters. The monoisotopic (exact) mass is 818 g/mol. The van der Waals surface area contributed by atoms with E-state index in [0.29, 0.717) is 6.42 Å². The van der Waals surface area contributed by atoms with Gasteiger partial charge in [-0.25, -0.2) is 14.4 Å². The van der Waals surface area contributed by atoms with E-state index in [-0.39, 0.29) is 29.9 Å². The highest BCUT2D eigenvalue weighted by Gasteiger charge is 2.54. The molecule has 6 aromatic carbocycles. The SMILES string of the molecule is CCCCCCO[C@@H]1O[C@H](COC(c2ccccc2)(c2ccccc2)c2ccccc2)[C@@H](OC(=O)c2ccccc2)[C@H](OC(=O)c2ccccc2)[C@H]1OC(=O)c1ccccc1. The van der Waals surface area contributed by atoms with E-state index in [4.69, 9.17) is 28.4 Å². The predicted octanol–water partition coefficient (Wildman–Crippen LogP) is 9.99. The van der Waals surface area contributed by atoms with Crippen LogP contribution in [0.25, 0.3) is 0 Å². The van der Waals surface area contributed by atoms with Crippen molar-refractivity contribution in [1.82, 2.24) is 0 Å². The summed E-state index contributed by atoms with van der Waals surface area (Å²) in [5.41, 5.74) is 2.10. The molecule has 0 bridgehead atoms. The molecule has 6 aromatic rings. The number of carbonyl (C=O) groups excluding carboxylic acids is 3. The Hall–Kier alpha value is -6.39. The van der Waals surface area contributed by atoms with Crippen molar-refractivity contribution in [3.05, 3.63) is 215 Å². The minimum absolute atomic E-state index is 0.195. The molecular weight excluding hydrogens is 769 g/mol. The summed E-state index contributed by atoms with van der Waals surface area (Å²) in [6.07, 6.45) is -2.91. The number of esters is 3. The van der Waals surface area contributed by atoms with Crippen molar-refractivity contribution in [2.75, 3.05) is 13.2 Å². The maximum Gasteiger partial charge on any atom is 0.338 e. The van der Waals surface area contributed by atoms with Crippen LogP contribution in [0.3, 0.4) is 0 Å². The van der Waals surface area contributed by atoms with Crippen LogP contribution in [0.2, 0.25) is 0 Å². The molecular formula is C52H50O9. The molecule has 312 valence electrons. The minimum atomic E-state index is -1.42. The molecule has 0 aliphatic carbocycles. The van der Waals surface area contributed by atoms with Gasteiger partial charge in [0.15, 0.2) is 24.6 Å². The number of ether oxygens (including phenoxy) is 6. The lowest BCUT2D eigenvalue weighted by Crippen LogP contribution is -2.63. The second-order valence-electron chi connectivity index (χ2n) is 14.8. The molecule has 1 fully saturated rings. The van der Waals surface area contributed by atoms with Crippen molar-refractivity contribution in [1.29, 1.82) is 0 Å². The van der Waals surface area contributed by atoms with Gasteiger partial charge in [0.25, 0.3) is 0 Å². The second-order valence-corrected chi connectivity index (χ2v) is 14.8. The Morgan fingerprint density at radius 2 is 0.852 bits per heavy atom. The lowest BCUT2D eigenvalue weighted by Gasteiger charge is -2.45. The largest absolute Gasteiger partial charge is 0.452 e. The first-order valence-corrected chi connectivity index (χ1v) is 20.8. The molecule has 9 heteroatoms. The maximum atomic E-state index is 14.1. The zero-order valence-electron chi connectivity index (χ0n) is 34.1. The summed E-state index contributed by atoms with van der Waals surface area (Å²) >= 11 is 0. The number of unbranched alkanes of at least 4 members (excludes halogenated alkanes) is 3. The Kier molecular flexibility index (Phi) is 14.9. The van der Waals surface area contributed by atoms with Gasteiger partial charge in [-0.1, -0.05) is 172 Å². The zero-order chi connectivity index (χ0) is 42.3. The second kappa shape index (κ2) is 21.2. The first-order valence-electron chi connectivity index (χ1n) is 20.8. The van der Waals surface area contributed by atoms with E-state index < -0.39 is 54.2 Å². The summed E-state index contributed by atoms with van der Waals surface area (Å²) < 4.78 is 39.5. The number of carbonyl (C=O) groups is 3. The summed E-state index contributed by atoms with van der Waals surface area (Å²) in [6.45, 7) is 2.19. The van der Waals surface area contributed by atoms with Crippen LogP contribution in [-0.2, 0) is 34.0 Å². The van der Waals surface area contributed by atoms with E-state index >= 15 is 0 Å². The highest BCUT2D eigenvalue weighted by atomic mass is 16.7. The van der Waals surface area contributed by atoms with Crippen LogP contribution in [0.5, 0.6) is 0 Å². The predicted molar refractivity (Wildman–Crippen MR) is 231 cm³/mol. The van der Waals surface area contributed by atoms with Crippen molar-refractivity contribution in [3.8, 4) is 0 Å². The smallest absolute Gasteiger partial charge is 0.338 e. The molecule has 1 aliphatic rings. The summed E-state index contributed by atoms with van der Waals surface area (Å²) in [7, 11) is 0. The van der Waals surface area contributed by atoms with Gasteiger partial charge in [0.2, 0.25) is 0 Å². The van der Waals surface area contributed by atoms with Gasteiger partial charge in [-0.3, -0.25) is 0 Å². The van der Waals surface area contributed by atoms with Gasteiger partial charge in [0.1, 0.15) is 11.7 Å². The Morgan fingerprint density at radius 1 is 0.475 bits per heavy atom. The highest BCUT2D eigenvalue weighted by molar-refractivity contribution is 5.91. The topological polar surface area (TPSA) is 107 Å². The third kappa shape index (κ3) is 10.5. The molecule has 9 nitrogen and oxygen atoms in total. The molecule has 7 rings (SSSR count). The van der Waals surface area contributed by atoms with Crippen LogP contribution < -0.4 is 0 Å². The Morgan fingerprint density at radius 3 is 1.26 bits per heavy atom. The fourth-order valence-electron chi connectivity index (χ4n) is 7.55. The van der Waals surface area contributed by atoms with E-state index in [1.165, 1.54) is 0 Å². The number of benzene rings is 6. The quantitative estimate of drug-likeness (QED) is 0.0363. The van der Waals surface area contributed by atoms with Gasteiger partial charge in [0, 0.05) is 6.61 Å². The molecule has 61 heavy (non-hydrogen) atoms. The van der Waals surface area contributed by atoms with Crippen LogP contribution >= 0.6 is 0 Å². The normalized spacial score (nSPS) is 18.7. The van der Waals surface area contributed by atoms with Crippen molar-refractivity contribution in [2.24, 2.45) is 0 Å². The van der Waals surface area contributed by atoms with Gasteiger partial charge < -0.3 is 28.4 Å². The summed E-state index contributed by atoms with van der Waals surface area (Å²) in [5.74, 6) is -2.12. The molecule has 1 heterocycles. The molecule has 0 spiro atoms. The Labute approximate surface area is 357 Å². The first-order chi connectivity index (χ1) is 30.0. The average Bonchev–Trinajstić information content (AvgIpc) is 3.32. The van der Waals surface area contributed by atoms with E-state index in [1.807, 2.05) is 91.0 Å². The third-order valence-corrected chi connectivity index (χ3v) is 10.6. The van der Waals surface area contributed by atoms with Gasteiger partial charge >= 0.3 is 17.9 Å². The number of hydrogen-bond donors (Lipinski definition) is 0. The van der Waals surface area contributed by atoms with Crippen LogP contribution in [0.1, 0.15) is 80.4 Å². The molecule has 0 radical (unpaired) electrons. The number of rotatable bonds is 18. The van der Waals surface area contributed by atoms with Gasteiger partial charge in [0.05, 0.1) is 23.3 Å². The van der Waals surface area contributed by atoms with Crippen molar-refractivity contribution >= 4 is 17.9 Å². The summed E-state index contributed by atoms with van der Waals surface area (Å²) in [4.78, 5) is 42.2. The molecule has 0 aromatic heterocycles. The fourth-order valence-corrected chi connectivity index (χ4v) is 7.55. The standard InChI is InChI=1S/C52H50O9/c1-2-3-4-23-36-56-51-47(61-50(55)40-28-15-7-16-29-40)46(60-49(54)39-26-13-6-14-27-39)45(59-48(53)38-24-11-5-12-25-38)44(58-51)37-57-52(41-30-17-8-18-31-41,42-32-19-9-20-33-42)43-34-21-10-22-35-43/h5-22,24-35,44-47,51H,2-4,23,36-37H2,1H3/t44-,45-,46+,47-,51-/m1/s1. The van der Waals surface area contributed by atoms with E-state index in [1.54, 1.807) is 91.0 Å². The summed E-state index contributed by atoms with van der Waals surface area (Å²) in [6, 6.07) is 55.0. The van der Waals surface area contributed by atoms with Crippen molar-refractivity contribution in [3.63, 3.8) is 0 Å². The lowest BCUT2D eigenvalue weighted by molar-refractivity contribution is -0.303. The highest BCUT2D eigenvalue weighted by Crippen LogP contribution is 2.42. The maximum absolute atomic E-state index is 14.1. The Balaban J connectivity index is 1.34. The Bertz CT molecular complexity index is 2160. The first kappa shape index (κ1) is 42.7. The van der Waals surface area contributed by atoms with Crippen LogP contribution in [0.15, 0.2) is 182 Å². The van der Waals surface area contributed by atoms with Crippen molar-refractivity contribution < 1.29 is 42.8 Å². The van der Waals surface area contributed by atoms with Crippen LogP contribution in [-0.4, -0.2) is 61.8 Å². The van der Waals surface area contributed by atoms with Crippen LogP contribution in [0, 0.1) is 0 Å². The lowest BCUT2D eigenvalue weighted by atomic mass is 9.80. The number of hydrogen-bond acceptors (Lipinski definition) is 9. The molecule has 1 saturated heterocycles. The molecule has 0 amide bonds.